The summed E-state index contributed by atoms with van der Waals surface area (Å²) in [6.45, 7) is 1.19. The number of nitrogens with two attached hydrogens (primary N) is 2. The molecule has 0 fully saturated rings. The fourth-order valence-electron chi connectivity index (χ4n) is 0. The van der Waals surface area contributed by atoms with Crippen molar-refractivity contribution in [1.29, 1.82) is 0 Å². The molecule has 2 nitrogen and oxygen atoms in total. The van der Waals surface area contributed by atoms with Crippen molar-refractivity contribution >= 4 is 0 Å². The van der Waals surface area contributed by atoms with Crippen molar-refractivity contribution < 1.29 is 21.1 Å². The Hall–Kier alpha value is 0.608. The second kappa shape index (κ2) is 8.82. The topological polar surface area (TPSA) is 52.0 Å². The standard InChI is InChI=1S/C2H8N2.Pt/c3-1-2-4;/h1-4H2;. The third-order valence-corrected chi connectivity index (χ3v) is 0.167. The number of hydrogen-bond acceptors (Lipinski definition) is 2. The third kappa shape index (κ3) is 12.1. The van der Waals surface area contributed by atoms with Gasteiger partial charge in [0.15, 0.2) is 0 Å². The molecule has 0 aromatic carbocycles. The number of hydrogen-bond donors (Lipinski definition) is 2. The molecule has 0 aliphatic carbocycles. The van der Waals surface area contributed by atoms with Crippen LogP contribution in [0.25, 0.3) is 0 Å². The Balaban J connectivity index is 0. The minimum atomic E-state index is 0. The average molecular weight is 255 g/mol. The second-order valence-corrected chi connectivity index (χ2v) is 0.577. The molecule has 0 amide bonds. The van der Waals surface area contributed by atoms with Crippen LogP contribution in [-0.2, 0) is 21.1 Å². The largest absolute Gasteiger partial charge is 0.329 e. The summed E-state index contributed by atoms with van der Waals surface area (Å²) in [6.07, 6.45) is 0. The van der Waals surface area contributed by atoms with Gasteiger partial charge >= 0.3 is 0 Å². The van der Waals surface area contributed by atoms with Gasteiger partial charge in [0.05, 0.1) is 0 Å². The Kier molecular flexibility index (Phi) is 16.1. The van der Waals surface area contributed by atoms with Crippen LogP contribution < -0.4 is 11.5 Å². The van der Waals surface area contributed by atoms with Crippen LogP contribution in [0.2, 0.25) is 0 Å². The van der Waals surface area contributed by atoms with Crippen LogP contribution in [0.3, 0.4) is 0 Å². The van der Waals surface area contributed by atoms with Crippen LogP contribution in [0, 0.1) is 0 Å². The molecule has 0 atom stereocenters. The van der Waals surface area contributed by atoms with Gasteiger partial charge in [-0.1, -0.05) is 0 Å². The van der Waals surface area contributed by atoms with E-state index in [9.17, 15) is 0 Å². The monoisotopic (exact) mass is 255 g/mol. The van der Waals surface area contributed by atoms with E-state index in [1.165, 1.54) is 0 Å². The van der Waals surface area contributed by atoms with Crippen LogP contribution in [-0.4, -0.2) is 13.1 Å². The molecule has 0 aromatic heterocycles. The van der Waals surface area contributed by atoms with Crippen LogP contribution >= 0.6 is 0 Å². The van der Waals surface area contributed by atoms with Gasteiger partial charge in [-0.05, 0) is 0 Å². The molecule has 0 heterocycles. The fraction of sp³-hybridized carbons (Fsp3) is 1.00. The fourth-order valence-corrected chi connectivity index (χ4v) is 0. The SMILES string of the molecule is NCCN.[Pt]. The summed E-state index contributed by atoms with van der Waals surface area (Å²) in [4.78, 5) is 0. The molecule has 0 spiro atoms. The summed E-state index contributed by atoms with van der Waals surface area (Å²) in [7, 11) is 0. The van der Waals surface area contributed by atoms with Crippen LogP contribution in [0.5, 0.6) is 0 Å². The predicted molar refractivity (Wildman–Crippen MR) is 18.1 cm³/mol. The molecule has 36 valence electrons. The zero-order valence-electron chi connectivity index (χ0n) is 2.89. The van der Waals surface area contributed by atoms with Crippen LogP contribution in [0.15, 0.2) is 0 Å². The Bertz CT molecular complexity index is 9.61. The van der Waals surface area contributed by atoms with E-state index in [0.717, 1.165) is 0 Å². The summed E-state index contributed by atoms with van der Waals surface area (Å²) in [5.41, 5.74) is 9.81. The molecule has 0 aliphatic heterocycles. The van der Waals surface area contributed by atoms with Crippen LogP contribution in [0.4, 0.5) is 0 Å². The Morgan fingerprint density at radius 2 is 1.20 bits per heavy atom. The van der Waals surface area contributed by atoms with E-state index < -0.39 is 0 Å². The van der Waals surface area contributed by atoms with E-state index in [-0.39, 0.29) is 21.1 Å². The average Bonchev–Trinajstić information content (AvgIpc) is 1.37. The summed E-state index contributed by atoms with van der Waals surface area (Å²) in [6, 6.07) is 0. The number of rotatable bonds is 1. The zero-order valence-corrected chi connectivity index (χ0v) is 5.16. The molecule has 4 N–H and O–H groups in total. The molecule has 0 unspecified atom stereocenters. The van der Waals surface area contributed by atoms with Crippen molar-refractivity contribution in [3.8, 4) is 0 Å². The van der Waals surface area contributed by atoms with Gasteiger partial charge in [-0.15, -0.1) is 0 Å². The molecule has 0 radical (unpaired) electrons. The normalized spacial score (nSPS) is 6.00. The first-order valence-corrected chi connectivity index (χ1v) is 1.32. The molecule has 0 bridgehead atoms. The van der Waals surface area contributed by atoms with Gasteiger partial charge in [-0.2, -0.15) is 0 Å². The van der Waals surface area contributed by atoms with Crippen molar-refractivity contribution in [3.63, 3.8) is 0 Å². The Morgan fingerprint density at radius 3 is 1.20 bits per heavy atom. The van der Waals surface area contributed by atoms with E-state index in [1.54, 1.807) is 0 Å². The van der Waals surface area contributed by atoms with E-state index in [2.05, 4.69) is 0 Å². The van der Waals surface area contributed by atoms with Gasteiger partial charge in [0.1, 0.15) is 0 Å². The quantitative estimate of drug-likeness (QED) is 0.625. The van der Waals surface area contributed by atoms with Crippen molar-refractivity contribution in [2.75, 3.05) is 13.1 Å². The van der Waals surface area contributed by atoms with Crippen molar-refractivity contribution in [2.24, 2.45) is 11.5 Å². The minimum absolute atomic E-state index is 0. The summed E-state index contributed by atoms with van der Waals surface area (Å²) in [5, 5.41) is 0. The first kappa shape index (κ1) is 9.15. The van der Waals surface area contributed by atoms with E-state index in [4.69, 9.17) is 11.5 Å². The maximum Gasteiger partial charge on any atom is 0.00461 e. The molecule has 0 aliphatic rings. The summed E-state index contributed by atoms with van der Waals surface area (Å²) < 4.78 is 0. The summed E-state index contributed by atoms with van der Waals surface area (Å²) in [5.74, 6) is 0. The molecule has 5 heavy (non-hydrogen) atoms. The molecule has 3 heteroatoms. The second-order valence-electron chi connectivity index (χ2n) is 0.577. The molecule has 0 saturated carbocycles. The third-order valence-electron chi connectivity index (χ3n) is 0.167. The van der Waals surface area contributed by atoms with Gasteiger partial charge in [0, 0.05) is 34.2 Å². The van der Waals surface area contributed by atoms with Crippen molar-refractivity contribution in [3.05, 3.63) is 0 Å². The predicted octanol–water partition coefficient (Wildman–Crippen LogP) is -1.10. The maximum atomic E-state index is 4.90. The minimum Gasteiger partial charge on any atom is -0.329 e. The van der Waals surface area contributed by atoms with Gasteiger partial charge in [-0.3, -0.25) is 0 Å². The molecular weight excluding hydrogens is 247 g/mol. The van der Waals surface area contributed by atoms with Gasteiger partial charge in [0.2, 0.25) is 0 Å². The Morgan fingerprint density at radius 1 is 1.00 bits per heavy atom. The Labute approximate surface area is 46.2 Å². The first-order chi connectivity index (χ1) is 1.91. The zero-order chi connectivity index (χ0) is 3.41. The van der Waals surface area contributed by atoms with E-state index in [1.807, 2.05) is 0 Å². The molecule has 0 aromatic rings. The molecule has 0 saturated heterocycles. The van der Waals surface area contributed by atoms with Gasteiger partial charge in [0.25, 0.3) is 0 Å². The van der Waals surface area contributed by atoms with Crippen molar-refractivity contribution in [1.82, 2.24) is 0 Å². The molecule has 0 rings (SSSR count). The van der Waals surface area contributed by atoms with Gasteiger partial charge in [-0.25, -0.2) is 0 Å². The van der Waals surface area contributed by atoms with Crippen molar-refractivity contribution in [2.45, 2.75) is 0 Å². The van der Waals surface area contributed by atoms with Gasteiger partial charge < -0.3 is 11.5 Å². The van der Waals surface area contributed by atoms with Crippen LogP contribution in [0.1, 0.15) is 0 Å². The first-order valence-electron chi connectivity index (χ1n) is 1.32. The molecular formula is C2H8N2Pt. The smallest absolute Gasteiger partial charge is 0.00461 e. The van der Waals surface area contributed by atoms with E-state index in [0.29, 0.717) is 13.1 Å². The summed E-state index contributed by atoms with van der Waals surface area (Å²) >= 11 is 0. The van der Waals surface area contributed by atoms with E-state index >= 15 is 0 Å². The maximum absolute atomic E-state index is 4.90.